The van der Waals surface area contributed by atoms with Crippen LogP contribution in [0.4, 0.5) is 0 Å². The van der Waals surface area contributed by atoms with Crippen molar-refractivity contribution >= 4 is 50.6 Å². The zero-order valence-electron chi connectivity index (χ0n) is 16.5. The fraction of sp³-hybridized carbons (Fsp3) is 0.0417. The number of amides is 1. The molecule has 0 radical (unpaired) electrons. The number of fused-ring (bicyclic) bond motifs is 1. The molecule has 0 atom stereocenters. The van der Waals surface area contributed by atoms with Gasteiger partial charge in [0.05, 0.1) is 22.3 Å². The van der Waals surface area contributed by atoms with Crippen molar-refractivity contribution in [1.82, 2.24) is 5.43 Å². The van der Waals surface area contributed by atoms with Gasteiger partial charge in [-0.3, -0.25) is 4.79 Å². The van der Waals surface area contributed by atoms with Gasteiger partial charge in [-0.2, -0.15) is 10.4 Å². The number of ether oxygens (including phenoxy) is 1. The lowest BCUT2D eigenvalue weighted by Crippen LogP contribution is -2.16. The van der Waals surface area contributed by atoms with Crippen molar-refractivity contribution in [3.05, 3.63) is 98.7 Å². The van der Waals surface area contributed by atoms with Crippen LogP contribution in [0.25, 0.3) is 11.0 Å². The number of furan rings is 1. The third-order valence-corrected chi connectivity index (χ3v) is 5.41. The highest BCUT2D eigenvalue weighted by Gasteiger charge is 2.12. The molecule has 0 aliphatic rings. The summed E-state index contributed by atoms with van der Waals surface area (Å²) in [4.78, 5) is 12.3. The summed E-state index contributed by atoms with van der Waals surface area (Å²) in [6.45, 7) is 0.272. The van der Waals surface area contributed by atoms with Crippen molar-refractivity contribution < 1.29 is 13.9 Å². The lowest BCUT2D eigenvalue weighted by atomic mass is 10.1. The zero-order chi connectivity index (χ0) is 22.5. The Balaban J connectivity index is 1.38. The molecule has 32 heavy (non-hydrogen) atoms. The Morgan fingerprint density at radius 3 is 2.84 bits per heavy atom. The van der Waals surface area contributed by atoms with Gasteiger partial charge in [0.25, 0.3) is 0 Å². The fourth-order valence-electron chi connectivity index (χ4n) is 2.97. The molecule has 1 aromatic heterocycles. The molecular formula is C24H15BrClN3O3. The van der Waals surface area contributed by atoms with Gasteiger partial charge in [-0.15, -0.1) is 0 Å². The van der Waals surface area contributed by atoms with E-state index in [0.717, 1.165) is 21.0 Å². The molecule has 0 aliphatic heterocycles. The Morgan fingerprint density at radius 2 is 2.03 bits per heavy atom. The Bertz CT molecular complexity index is 1370. The second-order valence-corrected chi connectivity index (χ2v) is 8.03. The summed E-state index contributed by atoms with van der Waals surface area (Å²) in [5.41, 5.74) is 5.15. The number of hydrogen-bond acceptors (Lipinski definition) is 5. The molecule has 3 aromatic carbocycles. The Hall–Kier alpha value is -3.60. The number of rotatable bonds is 6. The minimum atomic E-state index is -0.469. The van der Waals surface area contributed by atoms with Crippen molar-refractivity contribution in [3.63, 3.8) is 0 Å². The number of nitrogens with one attached hydrogen (secondary N) is 1. The summed E-state index contributed by atoms with van der Waals surface area (Å²) in [5.74, 6) is 0.297. The Labute approximate surface area is 197 Å². The van der Waals surface area contributed by atoms with E-state index in [1.54, 1.807) is 42.5 Å². The number of benzene rings is 3. The molecule has 6 nitrogen and oxygen atoms in total. The fourth-order valence-corrected chi connectivity index (χ4v) is 3.66. The van der Waals surface area contributed by atoms with Crippen molar-refractivity contribution in [1.29, 1.82) is 5.26 Å². The molecule has 0 saturated heterocycles. The number of hydrogen-bond donors (Lipinski definition) is 1. The highest BCUT2D eigenvalue weighted by molar-refractivity contribution is 9.10. The van der Waals surface area contributed by atoms with E-state index in [1.807, 2.05) is 24.3 Å². The van der Waals surface area contributed by atoms with E-state index in [4.69, 9.17) is 20.8 Å². The van der Waals surface area contributed by atoms with Gasteiger partial charge < -0.3 is 9.15 Å². The summed E-state index contributed by atoms with van der Waals surface area (Å²) in [7, 11) is 0. The largest absolute Gasteiger partial charge is 0.488 e. The molecule has 8 heteroatoms. The van der Waals surface area contributed by atoms with E-state index in [1.165, 1.54) is 6.21 Å². The predicted octanol–water partition coefficient (Wildman–Crippen LogP) is 6.06. The quantitative estimate of drug-likeness (QED) is 0.253. The third kappa shape index (κ3) is 4.99. The number of halogens is 2. The van der Waals surface area contributed by atoms with Crippen molar-refractivity contribution in [2.45, 2.75) is 6.61 Å². The van der Waals surface area contributed by atoms with Gasteiger partial charge in [-0.1, -0.05) is 29.8 Å². The van der Waals surface area contributed by atoms with Gasteiger partial charge in [0, 0.05) is 16.0 Å². The van der Waals surface area contributed by atoms with E-state index < -0.39 is 5.91 Å². The maximum Gasteiger partial charge on any atom is 0.307 e. The number of carbonyl (C=O) groups excluding carboxylic acids is 1. The van der Waals surface area contributed by atoms with E-state index in [2.05, 4.69) is 32.5 Å². The molecule has 0 saturated carbocycles. The van der Waals surface area contributed by atoms with Gasteiger partial charge in [0.2, 0.25) is 0 Å². The third-order valence-electron chi connectivity index (χ3n) is 4.56. The first-order chi connectivity index (χ1) is 15.5. The monoisotopic (exact) mass is 507 g/mol. The van der Waals surface area contributed by atoms with Crippen molar-refractivity contribution in [2.75, 3.05) is 0 Å². The second kappa shape index (κ2) is 9.69. The van der Waals surface area contributed by atoms with Gasteiger partial charge in [0.1, 0.15) is 17.9 Å². The highest BCUT2D eigenvalue weighted by Crippen LogP contribution is 2.27. The van der Waals surface area contributed by atoms with Crippen LogP contribution in [0, 0.1) is 11.3 Å². The van der Waals surface area contributed by atoms with Crippen molar-refractivity contribution in [3.8, 4) is 11.8 Å². The smallest absolute Gasteiger partial charge is 0.307 e. The molecule has 0 fully saturated rings. The highest BCUT2D eigenvalue weighted by atomic mass is 79.9. The minimum absolute atomic E-state index is 0.141. The molecule has 0 spiro atoms. The molecule has 0 unspecified atom stereocenters. The first-order valence-corrected chi connectivity index (χ1v) is 10.6. The van der Waals surface area contributed by atoms with E-state index in [9.17, 15) is 10.1 Å². The normalized spacial score (nSPS) is 10.9. The first-order valence-electron chi connectivity index (χ1n) is 9.46. The van der Waals surface area contributed by atoms with Crippen LogP contribution >= 0.6 is 27.5 Å². The van der Waals surface area contributed by atoms with Gasteiger partial charge in [-0.25, -0.2) is 5.43 Å². The summed E-state index contributed by atoms with van der Waals surface area (Å²) in [6, 6.07) is 21.6. The van der Waals surface area contributed by atoms with Crippen LogP contribution in [0.2, 0.25) is 5.02 Å². The summed E-state index contributed by atoms with van der Waals surface area (Å²) in [6.07, 6.45) is 1.51. The van der Waals surface area contributed by atoms with Crippen LogP contribution in [-0.2, 0) is 6.61 Å². The minimum Gasteiger partial charge on any atom is -0.488 e. The lowest BCUT2D eigenvalue weighted by molar-refractivity contribution is 0.0929. The molecule has 1 N–H and O–H groups in total. The zero-order valence-corrected chi connectivity index (χ0v) is 18.9. The Kier molecular flexibility index (Phi) is 6.55. The standard InChI is InChI=1S/C24H15BrClN3O3/c25-20-9-15(5-7-22(20)31-14-17-4-2-1-3-16(17)12-27)13-28-29-24(30)23-11-18-10-19(26)6-8-21(18)32-23/h1-11,13H,14H2,(H,29,30)/b28-13+. The van der Waals surface area contributed by atoms with E-state index >= 15 is 0 Å². The average molecular weight is 509 g/mol. The number of nitrogens with zero attached hydrogens (tertiary/aromatic N) is 2. The van der Waals surface area contributed by atoms with E-state index in [-0.39, 0.29) is 12.4 Å². The average Bonchev–Trinajstić information content (AvgIpc) is 3.22. The van der Waals surface area contributed by atoms with Gasteiger partial charge >= 0.3 is 5.91 Å². The summed E-state index contributed by atoms with van der Waals surface area (Å²) < 4.78 is 12.1. The number of hydrazone groups is 1. The summed E-state index contributed by atoms with van der Waals surface area (Å²) in [5, 5.41) is 14.5. The van der Waals surface area contributed by atoms with Gasteiger partial charge in [0.15, 0.2) is 5.76 Å². The number of carbonyl (C=O) groups is 1. The van der Waals surface area contributed by atoms with E-state index in [0.29, 0.717) is 21.9 Å². The van der Waals surface area contributed by atoms with Crippen LogP contribution in [0.1, 0.15) is 27.2 Å². The molecular weight excluding hydrogens is 494 g/mol. The lowest BCUT2D eigenvalue weighted by Gasteiger charge is -2.09. The second-order valence-electron chi connectivity index (χ2n) is 6.74. The van der Waals surface area contributed by atoms with Crippen molar-refractivity contribution in [2.24, 2.45) is 5.10 Å². The number of nitriles is 1. The molecule has 158 valence electrons. The maximum absolute atomic E-state index is 12.3. The molecule has 4 rings (SSSR count). The van der Waals surface area contributed by atoms with Crippen LogP contribution in [0.5, 0.6) is 5.75 Å². The topological polar surface area (TPSA) is 87.6 Å². The predicted molar refractivity (Wildman–Crippen MR) is 126 cm³/mol. The van der Waals surface area contributed by atoms with Crippen LogP contribution < -0.4 is 10.2 Å². The SMILES string of the molecule is N#Cc1ccccc1COc1ccc(/C=N/NC(=O)c2cc3cc(Cl)ccc3o2)cc1Br. The van der Waals surface area contributed by atoms with Crippen LogP contribution in [0.3, 0.4) is 0 Å². The first kappa shape index (κ1) is 21.6. The Morgan fingerprint density at radius 1 is 1.19 bits per heavy atom. The molecule has 1 amide bonds. The molecule has 4 aromatic rings. The summed E-state index contributed by atoms with van der Waals surface area (Å²) >= 11 is 9.43. The maximum atomic E-state index is 12.3. The van der Waals surface area contributed by atoms with Crippen LogP contribution in [-0.4, -0.2) is 12.1 Å². The molecule has 0 aliphatic carbocycles. The van der Waals surface area contributed by atoms with Gasteiger partial charge in [-0.05, 0) is 70.0 Å². The molecule has 0 bridgehead atoms. The molecule has 1 heterocycles. The van der Waals surface area contributed by atoms with Crippen LogP contribution in [0.15, 0.2) is 80.7 Å².